The number of aliphatic hydroxyl groups excluding tert-OH is 1. The highest BCUT2D eigenvalue weighted by atomic mass is 19.1. The Bertz CT molecular complexity index is 1110. The quantitative estimate of drug-likeness (QED) is 0.574. The van der Waals surface area contributed by atoms with Gasteiger partial charge >= 0.3 is 0 Å². The van der Waals surface area contributed by atoms with E-state index in [-0.39, 0.29) is 37.8 Å². The molecule has 2 fully saturated rings. The number of aromatic amines is 1. The highest BCUT2D eigenvalue weighted by Gasteiger charge is 2.41. The third-order valence-electron chi connectivity index (χ3n) is 6.68. The number of hydrogen-bond acceptors (Lipinski definition) is 6. The number of nitrogens with one attached hydrogen (secondary N) is 2. The van der Waals surface area contributed by atoms with Crippen molar-refractivity contribution in [3.63, 3.8) is 0 Å². The van der Waals surface area contributed by atoms with Crippen LogP contribution in [0.3, 0.4) is 0 Å². The molecule has 0 radical (unpaired) electrons. The first-order chi connectivity index (χ1) is 15.9. The van der Waals surface area contributed by atoms with E-state index in [0.29, 0.717) is 24.3 Å². The lowest BCUT2D eigenvalue weighted by molar-refractivity contribution is -0.136. The van der Waals surface area contributed by atoms with Crippen molar-refractivity contribution in [2.24, 2.45) is 0 Å². The maximum absolute atomic E-state index is 14.5. The molecular weight excluding hydrogens is 429 g/mol. The number of piperazine rings is 1. The van der Waals surface area contributed by atoms with Gasteiger partial charge in [0.25, 0.3) is 5.91 Å². The first-order valence-corrected chi connectivity index (χ1v) is 11.1. The molecular formula is C23H26FN5O4. The van der Waals surface area contributed by atoms with Crippen molar-refractivity contribution >= 4 is 23.4 Å². The van der Waals surface area contributed by atoms with Crippen LogP contribution in [0.1, 0.15) is 40.2 Å². The van der Waals surface area contributed by atoms with Crippen molar-refractivity contribution in [1.29, 1.82) is 0 Å². The van der Waals surface area contributed by atoms with Crippen LogP contribution in [0, 0.1) is 5.82 Å². The first kappa shape index (κ1) is 21.6. The maximum atomic E-state index is 14.5. The molecule has 1 aromatic heterocycles. The summed E-state index contributed by atoms with van der Waals surface area (Å²) in [6.07, 6.45) is 0.456. The summed E-state index contributed by atoms with van der Waals surface area (Å²) in [5.74, 6) is -1.66. The van der Waals surface area contributed by atoms with Gasteiger partial charge in [0.05, 0.1) is 6.61 Å². The number of halogens is 1. The van der Waals surface area contributed by atoms with Gasteiger partial charge in [-0.3, -0.25) is 24.6 Å². The van der Waals surface area contributed by atoms with Crippen LogP contribution in [0.25, 0.3) is 0 Å². The Morgan fingerprint density at radius 3 is 2.52 bits per heavy atom. The summed E-state index contributed by atoms with van der Waals surface area (Å²) in [7, 11) is 0. The molecule has 0 aliphatic carbocycles. The third-order valence-corrected chi connectivity index (χ3v) is 6.68. The van der Waals surface area contributed by atoms with Crippen molar-refractivity contribution in [2.45, 2.75) is 38.6 Å². The molecule has 0 spiro atoms. The molecule has 33 heavy (non-hydrogen) atoms. The number of amides is 3. The number of rotatable bonds is 5. The monoisotopic (exact) mass is 455 g/mol. The number of nitrogens with zero attached hydrogens (tertiary/aromatic N) is 3. The molecule has 1 aromatic carbocycles. The number of fused-ring (bicyclic) bond motifs is 1. The summed E-state index contributed by atoms with van der Waals surface area (Å²) in [4.78, 5) is 45.9. The average molecular weight is 455 g/mol. The van der Waals surface area contributed by atoms with E-state index in [1.807, 2.05) is 12.1 Å². The van der Waals surface area contributed by atoms with Gasteiger partial charge in [0.1, 0.15) is 11.9 Å². The van der Waals surface area contributed by atoms with Crippen molar-refractivity contribution in [2.75, 3.05) is 31.1 Å². The molecule has 1 unspecified atom stereocenters. The minimum atomic E-state index is -0.722. The summed E-state index contributed by atoms with van der Waals surface area (Å²) >= 11 is 0. The molecule has 3 amide bonds. The fraction of sp³-hybridized carbons (Fsp3) is 0.435. The minimum absolute atomic E-state index is 0.0208. The average Bonchev–Trinajstić information content (AvgIpc) is 3.38. The van der Waals surface area contributed by atoms with Crippen molar-refractivity contribution in [1.82, 2.24) is 20.1 Å². The first-order valence-electron chi connectivity index (χ1n) is 11.1. The normalized spacial score (nSPS) is 21.5. The zero-order valence-electron chi connectivity index (χ0n) is 18.1. The van der Waals surface area contributed by atoms with Gasteiger partial charge in [-0.25, -0.2) is 4.39 Å². The van der Waals surface area contributed by atoms with Crippen LogP contribution < -0.4 is 10.2 Å². The van der Waals surface area contributed by atoms with Gasteiger partial charge in [0.15, 0.2) is 0 Å². The molecule has 1 atom stereocenters. The molecule has 2 aromatic rings. The van der Waals surface area contributed by atoms with E-state index in [9.17, 15) is 23.9 Å². The van der Waals surface area contributed by atoms with Gasteiger partial charge in [-0.1, -0.05) is 0 Å². The fourth-order valence-electron chi connectivity index (χ4n) is 4.95. The van der Waals surface area contributed by atoms with Gasteiger partial charge in [-0.2, -0.15) is 0 Å². The SMILES string of the molecule is O=C1CCC(N2Cc3c(cc(F)cc3N3CCN(Cc4ccc(CO)[nH]4)CC3)C2=O)C(=O)N1. The zero-order valence-corrected chi connectivity index (χ0v) is 18.1. The topological polar surface area (TPSA) is 109 Å². The standard InChI is InChI=1S/C23H26FN5O4/c24-14-9-17-18(12-29(23(17)33)19-3-4-21(31)26-22(19)32)20(10-14)28-7-5-27(6-8-28)11-15-1-2-16(13-30)25-15/h1-2,9-10,19,25,30H,3-8,11-13H2,(H,26,31,32). The number of piperidine rings is 1. The summed E-state index contributed by atoms with van der Waals surface area (Å²) < 4.78 is 14.5. The van der Waals surface area contributed by atoms with Crippen molar-refractivity contribution in [3.8, 4) is 0 Å². The summed E-state index contributed by atoms with van der Waals surface area (Å²) in [5, 5.41) is 11.5. The zero-order chi connectivity index (χ0) is 23.1. The van der Waals surface area contributed by atoms with Gasteiger partial charge in [-0.15, -0.1) is 0 Å². The molecule has 10 heteroatoms. The molecule has 2 saturated heterocycles. The fourth-order valence-corrected chi connectivity index (χ4v) is 4.95. The number of carbonyl (C=O) groups is 3. The predicted octanol–water partition coefficient (Wildman–Crippen LogP) is 0.729. The van der Waals surface area contributed by atoms with Crippen LogP contribution in [0.2, 0.25) is 0 Å². The third kappa shape index (κ3) is 4.11. The smallest absolute Gasteiger partial charge is 0.255 e. The second-order valence-electron chi connectivity index (χ2n) is 8.78. The van der Waals surface area contributed by atoms with E-state index in [1.165, 1.54) is 17.0 Å². The van der Waals surface area contributed by atoms with Crippen LogP contribution in [0.5, 0.6) is 0 Å². The van der Waals surface area contributed by atoms with E-state index in [1.54, 1.807) is 0 Å². The van der Waals surface area contributed by atoms with Gasteiger partial charge < -0.3 is 19.9 Å². The van der Waals surface area contributed by atoms with Crippen LogP contribution in [-0.2, 0) is 29.3 Å². The van der Waals surface area contributed by atoms with Gasteiger partial charge in [0.2, 0.25) is 11.8 Å². The van der Waals surface area contributed by atoms with Gasteiger partial charge in [-0.05, 0) is 30.7 Å². The Kier molecular flexibility index (Phi) is 5.63. The lowest BCUT2D eigenvalue weighted by Crippen LogP contribution is -2.52. The largest absolute Gasteiger partial charge is 0.390 e. The van der Waals surface area contributed by atoms with E-state index >= 15 is 0 Å². The van der Waals surface area contributed by atoms with E-state index in [2.05, 4.69) is 20.1 Å². The number of imide groups is 1. The Morgan fingerprint density at radius 2 is 1.82 bits per heavy atom. The molecule has 9 nitrogen and oxygen atoms in total. The Morgan fingerprint density at radius 1 is 1.06 bits per heavy atom. The number of anilines is 1. The number of aromatic nitrogens is 1. The van der Waals surface area contributed by atoms with E-state index in [0.717, 1.165) is 36.6 Å². The van der Waals surface area contributed by atoms with Gasteiger partial charge in [0, 0.05) is 73.9 Å². The maximum Gasteiger partial charge on any atom is 0.255 e. The summed E-state index contributed by atoms with van der Waals surface area (Å²) in [6.45, 7) is 3.83. The highest BCUT2D eigenvalue weighted by Crippen LogP contribution is 2.35. The molecule has 5 rings (SSSR count). The predicted molar refractivity (Wildman–Crippen MR) is 117 cm³/mol. The number of carbonyl (C=O) groups excluding carboxylic acids is 3. The molecule has 0 saturated carbocycles. The number of hydrogen-bond donors (Lipinski definition) is 3. The molecule has 3 aliphatic rings. The molecule has 3 aliphatic heterocycles. The van der Waals surface area contributed by atoms with E-state index < -0.39 is 17.8 Å². The lowest BCUT2D eigenvalue weighted by Gasteiger charge is -2.37. The van der Waals surface area contributed by atoms with Crippen molar-refractivity contribution in [3.05, 3.63) is 52.6 Å². The summed E-state index contributed by atoms with van der Waals surface area (Å²) in [6, 6.07) is 5.82. The Hall–Kier alpha value is -3.24. The van der Waals surface area contributed by atoms with Crippen molar-refractivity contribution < 1.29 is 23.9 Å². The summed E-state index contributed by atoms with van der Waals surface area (Å²) in [5.41, 5.74) is 3.53. The number of aliphatic hydroxyl groups is 1. The van der Waals surface area contributed by atoms with Crippen LogP contribution in [0.4, 0.5) is 10.1 Å². The minimum Gasteiger partial charge on any atom is -0.390 e. The lowest BCUT2D eigenvalue weighted by atomic mass is 10.0. The number of H-pyrrole nitrogens is 1. The molecule has 0 bridgehead atoms. The molecule has 4 heterocycles. The Labute approximate surface area is 190 Å². The molecule has 174 valence electrons. The van der Waals surface area contributed by atoms with Crippen LogP contribution >= 0.6 is 0 Å². The van der Waals surface area contributed by atoms with E-state index in [4.69, 9.17) is 0 Å². The number of benzene rings is 1. The Balaban J connectivity index is 1.30. The van der Waals surface area contributed by atoms with Crippen LogP contribution in [0.15, 0.2) is 24.3 Å². The molecule has 3 N–H and O–H groups in total. The second kappa shape index (κ2) is 8.60. The van der Waals surface area contributed by atoms with Crippen LogP contribution in [-0.4, -0.2) is 69.8 Å². The highest BCUT2D eigenvalue weighted by molar-refractivity contribution is 6.06. The second-order valence-corrected chi connectivity index (χ2v) is 8.78.